The maximum absolute atomic E-state index is 13.3. The molecule has 0 radical (unpaired) electrons. The van der Waals surface area contributed by atoms with Crippen LogP contribution in [0.1, 0.15) is 40.1 Å². The Morgan fingerprint density at radius 2 is 2.06 bits per heavy atom. The van der Waals surface area contributed by atoms with E-state index >= 15 is 0 Å². The predicted molar refractivity (Wildman–Crippen MR) is 130 cm³/mol. The molecule has 3 atom stereocenters. The van der Waals surface area contributed by atoms with Gasteiger partial charge in [0.25, 0.3) is 0 Å². The summed E-state index contributed by atoms with van der Waals surface area (Å²) in [6, 6.07) is 5.55. The molecule has 0 bridgehead atoms. The molecule has 13 heteroatoms. The molecule has 0 saturated heterocycles. The van der Waals surface area contributed by atoms with E-state index in [1.165, 1.54) is 30.7 Å². The summed E-state index contributed by atoms with van der Waals surface area (Å²) in [7, 11) is -2.01. The summed E-state index contributed by atoms with van der Waals surface area (Å²) in [6.07, 6.45) is 1.10. The number of aromatic nitrogens is 2. The predicted octanol–water partition coefficient (Wildman–Crippen LogP) is 5.33. The van der Waals surface area contributed by atoms with Crippen LogP contribution < -0.4 is 11.2 Å². The van der Waals surface area contributed by atoms with Crippen LogP contribution in [-0.2, 0) is 21.8 Å². The van der Waals surface area contributed by atoms with Crippen LogP contribution in [0.2, 0.25) is 4.34 Å². The lowest BCUT2D eigenvalue weighted by Crippen LogP contribution is -2.16. The zero-order chi connectivity index (χ0) is 25.9. The van der Waals surface area contributed by atoms with E-state index in [-0.39, 0.29) is 24.6 Å². The maximum Gasteiger partial charge on any atom is 0.416 e. The van der Waals surface area contributed by atoms with Crippen LogP contribution in [-0.4, -0.2) is 33.1 Å². The fourth-order valence-corrected chi connectivity index (χ4v) is 6.90. The number of anilines is 1. The van der Waals surface area contributed by atoms with E-state index in [1.54, 1.807) is 0 Å². The molecule has 1 fully saturated rings. The summed E-state index contributed by atoms with van der Waals surface area (Å²) in [5, 5.41) is 3.22. The van der Waals surface area contributed by atoms with Gasteiger partial charge >= 0.3 is 6.18 Å². The molecule has 3 unspecified atom stereocenters. The first kappa shape index (κ1) is 26.7. The van der Waals surface area contributed by atoms with Gasteiger partial charge in [0, 0.05) is 17.6 Å². The highest BCUT2D eigenvalue weighted by Crippen LogP contribution is 2.36. The number of nitrogens with two attached hydrogens (primary N) is 1. The normalized spacial score (nSPS) is 18.8. The Kier molecular flexibility index (Phi) is 8.41. The van der Waals surface area contributed by atoms with Crippen LogP contribution in [0.5, 0.6) is 0 Å². The van der Waals surface area contributed by atoms with Crippen LogP contribution in [0.15, 0.2) is 52.6 Å². The van der Waals surface area contributed by atoms with Gasteiger partial charge in [-0.2, -0.15) is 13.2 Å². The molecule has 3 aromatic rings. The minimum atomic E-state index is -4.58. The molecule has 1 aliphatic rings. The number of thiophene rings is 1. The average Bonchev–Trinajstić information content (AvgIpc) is 3.48. The van der Waals surface area contributed by atoms with Gasteiger partial charge in [-0.25, -0.2) is 20.1 Å². The number of ketones is 1. The van der Waals surface area contributed by atoms with Gasteiger partial charge in [-0.05, 0) is 55.4 Å². The first-order chi connectivity index (χ1) is 17.2. The van der Waals surface area contributed by atoms with Crippen LogP contribution in [0.4, 0.5) is 19.0 Å². The molecule has 1 aliphatic carbocycles. The number of hydrogen-bond donors (Lipinski definition) is 2. The van der Waals surface area contributed by atoms with Crippen molar-refractivity contribution in [2.24, 2.45) is 17.7 Å². The molecule has 192 valence electrons. The van der Waals surface area contributed by atoms with Crippen molar-refractivity contribution in [3.05, 3.63) is 63.2 Å². The summed E-state index contributed by atoms with van der Waals surface area (Å²) in [5.41, 5.74) is -0.705. The Morgan fingerprint density at radius 1 is 1.28 bits per heavy atom. The van der Waals surface area contributed by atoms with Crippen LogP contribution >= 0.6 is 22.9 Å². The number of rotatable bonds is 9. The number of nitrogens with one attached hydrogen (secondary N) is 1. The quantitative estimate of drug-likeness (QED) is 0.270. The van der Waals surface area contributed by atoms with Gasteiger partial charge in [-0.1, -0.05) is 17.7 Å². The van der Waals surface area contributed by atoms with E-state index in [2.05, 4.69) is 15.3 Å². The fraction of sp³-hybridized carbons (Fsp3) is 0.348. The topological polar surface area (TPSA) is 107 Å². The van der Waals surface area contributed by atoms with Gasteiger partial charge in [-0.15, -0.1) is 11.3 Å². The van der Waals surface area contributed by atoms with Gasteiger partial charge in [0.2, 0.25) is 5.78 Å². The van der Waals surface area contributed by atoms with Crippen molar-refractivity contribution >= 4 is 45.3 Å². The standard InChI is InChI=1S/C23H22ClF3N4O3S2/c24-21-19(36(33)16-3-1-2-15(7-16)23(25,26)27)8-18(35-21)20(32)17-10-29-12-31-22(17)30-9-13-4-5-14(6-13)11-34-28/h1-3,7-8,10,12-14H,4-6,9,11,28H2,(H,29,30,31). The zero-order valence-electron chi connectivity index (χ0n) is 18.8. The number of halogens is 4. The molecular formula is C23H22ClF3N4O3S2. The largest absolute Gasteiger partial charge is 0.416 e. The highest BCUT2D eigenvalue weighted by Gasteiger charge is 2.31. The maximum atomic E-state index is 13.3. The third-order valence-corrected chi connectivity index (χ3v) is 8.95. The summed E-state index contributed by atoms with van der Waals surface area (Å²) in [5.74, 6) is 5.88. The Balaban J connectivity index is 1.51. The van der Waals surface area contributed by atoms with Crippen molar-refractivity contribution in [1.29, 1.82) is 0 Å². The molecule has 7 nitrogen and oxygen atoms in total. The number of benzene rings is 1. The lowest BCUT2D eigenvalue weighted by molar-refractivity contribution is -0.137. The average molecular weight is 559 g/mol. The van der Waals surface area contributed by atoms with Gasteiger partial charge in [-0.3, -0.25) is 4.79 Å². The Labute approximate surface area is 216 Å². The number of alkyl halides is 3. The fourth-order valence-electron chi connectivity index (χ4n) is 4.17. The molecule has 0 aliphatic heterocycles. The van der Waals surface area contributed by atoms with Crippen LogP contribution in [0.25, 0.3) is 0 Å². The van der Waals surface area contributed by atoms with Crippen molar-refractivity contribution in [2.45, 2.75) is 35.2 Å². The van der Waals surface area contributed by atoms with E-state index in [0.29, 0.717) is 30.8 Å². The summed E-state index contributed by atoms with van der Waals surface area (Å²) < 4.78 is 52.3. The first-order valence-corrected chi connectivity index (χ1v) is 13.3. The zero-order valence-corrected chi connectivity index (χ0v) is 21.1. The Bertz CT molecular complexity index is 1270. The minimum absolute atomic E-state index is 0.0552. The van der Waals surface area contributed by atoms with Gasteiger partial charge < -0.3 is 10.2 Å². The monoisotopic (exact) mass is 558 g/mol. The Morgan fingerprint density at radius 3 is 2.81 bits per heavy atom. The van der Waals surface area contributed by atoms with Gasteiger partial charge in [0.1, 0.15) is 16.5 Å². The highest BCUT2D eigenvalue weighted by molar-refractivity contribution is 7.85. The smallest absolute Gasteiger partial charge is 0.369 e. The van der Waals surface area contributed by atoms with E-state index < -0.39 is 28.3 Å². The lowest BCUT2D eigenvalue weighted by atomic mass is 10.1. The van der Waals surface area contributed by atoms with Crippen molar-refractivity contribution < 1.29 is 27.0 Å². The van der Waals surface area contributed by atoms with E-state index in [4.69, 9.17) is 22.3 Å². The summed E-state index contributed by atoms with van der Waals surface area (Å²) >= 11 is 7.16. The SMILES string of the molecule is NOCC1CCC(CNc2ncncc2C(=O)c2cc(S(=O)c3cccc(C(F)(F)F)c3)c(Cl)s2)C1. The van der Waals surface area contributed by atoms with Crippen molar-refractivity contribution in [3.8, 4) is 0 Å². The number of nitrogens with zero attached hydrogens (tertiary/aromatic N) is 2. The van der Waals surface area contributed by atoms with Gasteiger partial charge in [0.15, 0.2) is 0 Å². The molecule has 4 rings (SSSR count). The lowest BCUT2D eigenvalue weighted by Gasteiger charge is -2.14. The molecule has 1 aromatic carbocycles. The first-order valence-electron chi connectivity index (χ1n) is 11.0. The van der Waals surface area contributed by atoms with Crippen molar-refractivity contribution in [2.75, 3.05) is 18.5 Å². The van der Waals surface area contributed by atoms with Gasteiger partial charge in [0.05, 0.1) is 38.3 Å². The molecule has 2 heterocycles. The molecule has 1 saturated carbocycles. The molecule has 36 heavy (non-hydrogen) atoms. The third-order valence-electron chi connectivity index (χ3n) is 5.95. The molecule has 0 amide bonds. The van der Waals surface area contributed by atoms with E-state index in [9.17, 15) is 22.2 Å². The van der Waals surface area contributed by atoms with Crippen molar-refractivity contribution in [3.63, 3.8) is 0 Å². The Hall–Kier alpha value is -2.38. The second-order valence-corrected chi connectivity index (χ2v) is 11.5. The molecule has 3 N–H and O–H groups in total. The second-order valence-electron chi connectivity index (χ2n) is 8.42. The van der Waals surface area contributed by atoms with Crippen LogP contribution in [0.3, 0.4) is 0 Å². The van der Waals surface area contributed by atoms with Crippen LogP contribution in [0, 0.1) is 11.8 Å². The second kappa shape index (κ2) is 11.3. The molecular weight excluding hydrogens is 537 g/mol. The summed E-state index contributed by atoms with van der Waals surface area (Å²) in [4.78, 5) is 26.3. The summed E-state index contributed by atoms with van der Waals surface area (Å²) in [6.45, 7) is 1.12. The minimum Gasteiger partial charge on any atom is -0.369 e. The number of carbonyl (C=O) groups is 1. The van der Waals surface area contributed by atoms with Crippen molar-refractivity contribution in [1.82, 2.24) is 9.97 Å². The number of carbonyl (C=O) groups excluding carboxylic acids is 1. The van der Waals surface area contributed by atoms with E-state index in [0.717, 1.165) is 42.7 Å². The third kappa shape index (κ3) is 6.12. The van der Waals surface area contributed by atoms with E-state index in [1.807, 2.05) is 0 Å². The molecule has 2 aromatic heterocycles. The highest BCUT2D eigenvalue weighted by atomic mass is 35.5. The number of hydrogen-bond acceptors (Lipinski definition) is 8. The molecule has 0 spiro atoms.